The van der Waals surface area contributed by atoms with Crippen molar-refractivity contribution in [3.63, 3.8) is 0 Å². The molecule has 1 aliphatic carbocycles. The number of aromatic nitrogens is 2. The molecule has 1 aromatic heterocycles. The van der Waals surface area contributed by atoms with E-state index in [1.807, 2.05) is 31.2 Å². The number of ether oxygens (including phenoxy) is 1. The number of nitrogens with one attached hydrogen (secondary N) is 1. The van der Waals surface area contributed by atoms with Crippen LogP contribution in [0.25, 0.3) is 0 Å². The molecule has 1 heterocycles. The molecule has 22 heavy (non-hydrogen) atoms. The van der Waals surface area contributed by atoms with Crippen molar-refractivity contribution in [3.05, 3.63) is 47.4 Å². The van der Waals surface area contributed by atoms with Gasteiger partial charge in [-0.25, -0.2) is 9.97 Å². The van der Waals surface area contributed by atoms with Crippen molar-refractivity contribution in [2.75, 3.05) is 11.9 Å². The molecule has 2 aromatic rings. The van der Waals surface area contributed by atoms with Crippen LogP contribution < -0.4 is 10.1 Å². The van der Waals surface area contributed by atoms with E-state index in [0.717, 1.165) is 47.6 Å². The Balaban J connectivity index is 1.66. The lowest BCUT2D eigenvalue weighted by Crippen LogP contribution is -2.07. The number of hydrogen-bond donors (Lipinski definition) is 1. The second-order valence-corrected chi connectivity index (χ2v) is 5.86. The Kier molecular flexibility index (Phi) is 4.56. The number of hydrogen-bond acceptors (Lipinski definition) is 4. The Hall–Kier alpha value is -2.10. The molecule has 3 rings (SSSR count). The van der Waals surface area contributed by atoms with Crippen LogP contribution in [0.4, 0.5) is 5.82 Å². The first-order valence-corrected chi connectivity index (χ1v) is 8.03. The average molecular weight is 297 g/mol. The van der Waals surface area contributed by atoms with Gasteiger partial charge in [-0.15, -0.1) is 0 Å². The van der Waals surface area contributed by atoms with Gasteiger partial charge in [-0.3, -0.25) is 0 Å². The van der Waals surface area contributed by atoms with Crippen molar-refractivity contribution < 1.29 is 4.74 Å². The molecule has 116 valence electrons. The molecule has 0 aliphatic heterocycles. The zero-order valence-corrected chi connectivity index (χ0v) is 13.3. The smallest absolute Gasteiger partial charge is 0.130 e. The fourth-order valence-corrected chi connectivity index (χ4v) is 2.37. The van der Waals surface area contributed by atoms with Gasteiger partial charge in [0.25, 0.3) is 0 Å². The largest absolute Gasteiger partial charge is 0.493 e. The predicted molar refractivity (Wildman–Crippen MR) is 88.1 cm³/mol. The number of rotatable bonds is 7. The highest BCUT2D eigenvalue weighted by molar-refractivity contribution is 5.40. The van der Waals surface area contributed by atoms with E-state index >= 15 is 0 Å². The maximum atomic E-state index is 5.95. The molecule has 0 bridgehead atoms. The van der Waals surface area contributed by atoms with Crippen molar-refractivity contribution in [2.24, 2.45) is 5.92 Å². The molecule has 0 spiro atoms. The van der Waals surface area contributed by atoms with Crippen LogP contribution in [0.15, 0.2) is 30.3 Å². The first-order valence-electron chi connectivity index (χ1n) is 8.03. The maximum Gasteiger partial charge on any atom is 0.130 e. The Morgan fingerprint density at radius 3 is 2.82 bits per heavy atom. The number of benzene rings is 1. The molecule has 4 nitrogen and oxygen atoms in total. The van der Waals surface area contributed by atoms with Gasteiger partial charge in [0.1, 0.15) is 17.4 Å². The minimum atomic E-state index is 0.709. The number of para-hydroxylation sites is 1. The van der Waals surface area contributed by atoms with E-state index in [9.17, 15) is 0 Å². The van der Waals surface area contributed by atoms with Gasteiger partial charge in [-0.05, 0) is 38.2 Å². The first-order chi connectivity index (χ1) is 10.7. The molecule has 0 amide bonds. The van der Waals surface area contributed by atoms with Crippen LogP contribution in [0.1, 0.15) is 36.8 Å². The third-order valence-electron chi connectivity index (χ3n) is 3.86. The summed E-state index contributed by atoms with van der Waals surface area (Å²) in [5, 5.41) is 3.39. The molecule has 1 saturated carbocycles. The SMILES string of the molecule is CCc1cc(NCc2ccccc2OCC2CC2)nc(C)n1. The maximum absolute atomic E-state index is 5.95. The fraction of sp³-hybridized carbons (Fsp3) is 0.444. The number of anilines is 1. The standard InChI is InChI=1S/C18H23N3O/c1-3-16-10-18(21-13(2)20-16)19-11-15-6-4-5-7-17(15)22-12-14-8-9-14/h4-7,10,14H,3,8-9,11-12H2,1-2H3,(H,19,20,21). The summed E-state index contributed by atoms with van der Waals surface area (Å²) in [5.41, 5.74) is 2.23. The van der Waals surface area contributed by atoms with Crippen molar-refractivity contribution in [1.29, 1.82) is 0 Å². The summed E-state index contributed by atoms with van der Waals surface area (Å²) in [6.07, 6.45) is 3.53. The Labute approximate surface area is 132 Å². The third kappa shape index (κ3) is 3.97. The summed E-state index contributed by atoms with van der Waals surface area (Å²) < 4.78 is 5.95. The average Bonchev–Trinajstić information content (AvgIpc) is 3.35. The fourth-order valence-electron chi connectivity index (χ4n) is 2.37. The van der Waals surface area contributed by atoms with Gasteiger partial charge in [0.15, 0.2) is 0 Å². The highest BCUT2D eigenvalue weighted by Crippen LogP contribution is 2.30. The molecule has 0 radical (unpaired) electrons. The van der Waals surface area contributed by atoms with Gasteiger partial charge in [0.2, 0.25) is 0 Å². The van der Waals surface area contributed by atoms with E-state index in [2.05, 4.69) is 28.3 Å². The van der Waals surface area contributed by atoms with Crippen molar-refractivity contribution in [2.45, 2.75) is 39.7 Å². The second-order valence-electron chi connectivity index (χ2n) is 5.86. The van der Waals surface area contributed by atoms with Crippen LogP contribution in [-0.4, -0.2) is 16.6 Å². The topological polar surface area (TPSA) is 47.0 Å². The highest BCUT2D eigenvalue weighted by atomic mass is 16.5. The molecule has 1 aliphatic rings. The van der Waals surface area contributed by atoms with Crippen LogP contribution in [0.2, 0.25) is 0 Å². The summed E-state index contributed by atoms with van der Waals surface area (Å²) >= 11 is 0. The number of nitrogens with zero attached hydrogens (tertiary/aromatic N) is 2. The van der Waals surface area contributed by atoms with Gasteiger partial charge < -0.3 is 10.1 Å². The molecule has 0 atom stereocenters. The minimum absolute atomic E-state index is 0.709. The van der Waals surface area contributed by atoms with Crippen molar-refractivity contribution in [3.8, 4) is 5.75 Å². The zero-order chi connectivity index (χ0) is 15.4. The van der Waals surface area contributed by atoms with Gasteiger partial charge in [0, 0.05) is 23.9 Å². The molecular formula is C18H23N3O. The lowest BCUT2D eigenvalue weighted by atomic mass is 10.2. The highest BCUT2D eigenvalue weighted by Gasteiger charge is 2.22. The van der Waals surface area contributed by atoms with E-state index in [1.54, 1.807) is 0 Å². The molecule has 1 N–H and O–H groups in total. The Morgan fingerprint density at radius 1 is 1.23 bits per heavy atom. The molecular weight excluding hydrogens is 274 g/mol. The minimum Gasteiger partial charge on any atom is -0.493 e. The van der Waals surface area contributed by atoms with Gasteiger partial charge in [-0.1, -0.05) is 25.1 Å². The van der Waals surface area contributed by atoms with Gasteiger partial charge in [0.05, 0.1) is 6.61 Å². The zero-order valence-electron chi connectivity index (χ0n) is 13.3. The monoisotopic (exact) mass is 297 g/mol. The quantitative estimate of drug-likeness (QED) is 0.845. The summed E-state index contributed by atoms with van der Waals surface area (Å²) in [5.74, 6) is 3.42. The van der Waals surface area contributed by atoms with E-state index in [1.165, 1.54) is 12.8 Å². The molecule has 0 unspecified atom stereocenters. The van der Waals surface area contributed by atoms with Crippen LogP contribution in [0, 0.1) is 12.8 Å². The predicted octanol–water partition coefficient (Wildman–Crippen LogP) is 3.75. The van der Waals surface area contributed by atoms with Crippen LogP contribution in [-0.2, 0) is 13.0 Å². The Bertz CT molecular complexity index is 638. The molecule has 4 heteroatoms. The number of aryl methyl sites for hydroxylation is 2. The lowest BCUT2D eigenvalue weighted by Gasteiger charge is -2.13. The lowest BCUT2D eigenvalue weighted by molar-refractivity contribution is 0.297. The van der Waals surface area contributed by atoms with Crippen molar-refractivity contribution in [1.82, 2.24) is 9.97 Å². The summed E-state index contributed by atoms with van der Waals surface area (Å²) in [6, 6.07) is 10.2. The first kappa shape index (κ1) is 14.8. The van der Waals surface area contributed by atoms with E-state index in [4.69, 9.17) is 4.74 Å². The van der Waals surface area contributed by atoms with E-state index < -0.39 is 0 Å². The molecule has 0 saturated heterocycles. The Morgan fingerprint density at radius 2 is 2.05 bits per heavy atom. The van der Waals surface area contributed by atoms with E-state index in [0.29, 0.717) is 6.54 Å². The third-order valence-corrected chi connectivity index (χ3v) is 3.86. The second kappa shape index (κ2) is 6.77. The summed E-state index contributed by atoms with van der Waals surface area (Å²) in [7, 11) is 0. The molecule has 1 fully saturated rings. The van der Waals surface area contributed by atoms with Gasteiger partial charge >= 0.3 is 0 Å². The van der Waals surface area contributed by atoms with E-state index in [-0.39, 0.29) is 0 Å². The normalized spacial score (nSPS) is 13.9. The summed E-state index contributed by atoms with van der Waals surface area (Å²) in [6.45, 7) is 5.58. The van der Waals surface area contributed by atoms with Crippen LogP contribution >= 0.6 is 0 Å². The van der Waals surface area contributed by atoms with Crippen LogP contribution in [0.5, 0.6) is 5.75 Å². The van der Waals surface area contributed by atoms with Crippen LogP contribution in [0.3, 0.4) is 0 Å². The van der Waals surface area contributed by atoms with Gasteiger partial charge in [-0.2, -0.15) is 0 Å². The summed E-state index contributed by atoms with van der Waals surface area (Å²) in [4.78, 5) is 8.85. The van der Waals surface area contributed by atoms with Crippen molar-refractivity contribution >= 4 is 5.82 Å². The molecule has 1 aromatic carbocycles.